The van der Waals surface area contributed by atoms with Crippen molar-refractivity contribution in [3.05, 3.63) is 54.4 Å². The van der Waals surface area contributed by atoms with E-state index in [4.69, 9.17) is 0 Å². The highest BCUT2D eigenvalue weighted by Gasteiger charge is 2.20. The summed E-state index contributed by atoms with van der Waals surface area (Å²) in [5.74, 6) is 0. The Hall–Kier alpha value is -1.88. The topological polar surface area (TPSA) is 59.1 Å². The fourth-order valence-electron chi connectivity index (χ4n) is 1.93. The van der Waals surface area contributed by atoms with Gasteiger partial charge in [-0.2, -0.15) is 0 Å². The molecule has 0 atom stereocenters. The van der Waals surface area contributed by atoms with Gasteiger partial charge in [0.1, 0.15) is 0 Å². The van der Waals surface area contributed by atoms with E-state index in [-0.39, 0.29) is 10.3 Å². The zero-order valence-corrected chi connectivity index (χ0v) is 13.3. The molecule has 0 aliphatic rings. The van der Waals surface area contributed by atoms with Gasteiger partial charge < -0.3 is 0 Å². The van der Waals surface area contributed by atoms with Crippen LogP contribution in [0.5, 0.6) is 0 Å². The maximum Gasteiger partial charge on any atom is 0.261 e. The van der Waals surface area contributed by atoms with Crippen molar-refractivity contribution in [3.63, 3.8) is 0 Å². The number of nitrogens with zero attached hydrogens (tertiary/aromatic N) is 1. The minimum absolute atomic E-state index is 0.0407. The molecule has 0 radical (unpaired) electrons. The first-order valence-electron chi connectivity index (χ1n) is 6.88. The first-order chi connectivity index (χ1) is 9.85. The zero-order valence-electron chi connectivity index (χ0n) is 12.5. The van der Waals surface area contributed by atoms with E-state index in [1.54, 1.807) is 30.5 Å². The molecule has 0 unspecified atom stereocenters. The number of hydrogen-bond acceptors (Lipinski definition) is 3. The molecule has 0 saturated carbocycles. The predicted molar refractivity (Wildman–Crippen MR) is 84.8 cm³/mol. The number of benzene rings is 1. The second-order valence-corrected chi connectivity index (χ2v) is 7.29. The summed E-state index contributed by atoms with van der Waals surface area (Å²) in [5.41, 5.74) is 1.62. The second-order valence-electron chi connectivity index (χ2n) is 5.61. The number of aromatic nitrogens is 1. The quantitative estimate of drug-likeness (QED) is 0.918. The van der Waals surface area contributed by atoms with Gasteiger partial charge in [0, 0.05) is 6.20 Å². The molecule has 1 heterocycles. The summed E-state index contributed by atoms with van der Waals surface area (Å²) in [7, 11) is -3.57. The van der Waals surface area contributed by atoms with Crippen molar-refractivity contribution in [2.75, 3.05) is 4.72 Å². The zero-order chi connectivity index (χ0) is 15.5. The van der Waals surface area contributed by atoms with Gasteiger partial charge in [0.15, 0.2) is 0 Å². The van der Waals surface area contributed by atoms with Crippen LogP contribution in [0.1, 0.15) is 32.8 Å². The second kappa shape index (κ2) is 5.85. The molecule has 0 spiro atoms. The largest absolute Gasteiger partial charge is 0.278 e. The molecule has 4 nitrogen and oxygen atoms in total. The van der Waals surface area contributed by atoms with Gasteiger partial charge in [0.25, 0.3) is 10.0 Å². The Morgan fingerprint density at radius 1 is 1.14 bits per heavy atom. The Labute approximate surface area is 126 Å². The molecule has 0 aliphatic carbocycles. The van der Waals surface area contributed by atoms with Crippen LogP contribution >= 0.6 is 0 Å². The van der Waals surface area contributed by atoms with Crippen molar-refractivity contribution < 1.29 is 8.42 Å². The normalized spacial score (nSPS) is 12.1. The molecule has 0 fully saturated rings. The van der Waals surface area contributed by atoms with E-state index < -0.39 is 10.0 Å². The van der Waals surface area contributed by atoms with Gasteiger partial charge in [-0.05, 0) is 41.7 Å². The third-order valence-electron chi connectivity index (χ3n) is 3.74. The molecule has 1 N–H and O–H groups in total. The van der Waals surface area contributed by atoms with E-state index in [9.17, 15) is 8.42 Å². The highest BCUT2D eigenvalue weighted by molar-refractivity contribution is 7.92. The van der Waals surface area contributed by atoms with Crippen LogP contribution in [0, 0.1) is 0 Å². The van der Waals surface area contributed by atoms with Gasteiger partial charge in [-0.15, -0.1) is 0 Å². The van der Waals surface area contributed by atoms with E-state index in [2.05, 4.69) is 30.5 Å². The minimum atomic E-state index is -3.57. The lowest BCUT2D eigenvalue weighted by Gasteiger charge is -2.23. The first kappa shape index (κ1) is 15.5. The molecule has 0 aliphatic heterocycles. The molecular weight excluding hydrogens is 284 g/mol. The summed E-state index contributed by atoms with van der Waals surface area (Å²) < 4.78 is 27.1. The van der Waals surface area contributed by atoms with E-state index in [1.807, 2.05) is 12.1 Å². The Bertz CT molecular complexity index is 693. The van der Waals surface area contributed by atoms with Crippen LogP contribution in [0.2, 0.25) is 0 Å². The fraction of sp³-hybridized carbons (Fsp3) is 0.312. The van der Waals surface area contributed by atoms with Crippen molar-refractivity contribution in [3.8, 4) is 0 Å². The van der Waals surface area contributed by atoms with Gasteiger partial charge >= 0.3 is 0 Å². The van der Waals surface area contributed by atoms with Gasteiger partial charge in [-0.1, -0.05) is 32.9 Å². The molecule has 0 amide bonds. The molecule has 1 aromatic carbocycles. The molecule has 21 heavy (non-hydrogen) atoms. The van der Waals surface area contributed by atoms with Gasteiger partial charge in [-0.3, -0.25) is 9.71 Å². The van der Waals surface area contributed by atoms with Crippen LogP contribution in [-0.2, 0) is 15.4 Å². The SMILES string of the molecule is CCC(C)(C)c1ccc(S(=O)(=O)Nc2cccnc2)cc1. The van der Waals surface area contributed by atoms with Crippen molar-refractivity contribution in [2.24, 2.45) is 0 Å². The number of anilines is 1. The van der Waals surface area contributed by atoms with Crippen molar-refractivity contribution in [1.82, 2.24) is 4.98 Å². The van der Waals surface area contributed by atoms with E-state index in [0.717, 1.165) is 12.0 Å². The highest BCUT2D eigenvalue weighted by Crippen LogP contribution is 2.27. The molecule has 2 rings (SSSR count). The Balaban J connectivity index is 2.26. The summed E-state index contributed by atoms with van der Waals surface area (Å²) in [6.45, 7) is 6.41. The Kier molecular flexibility index (Phi) is 4.32. The van der Waals surface area contributed by atoms with Crippen LogP contribution in [-0.4, -0.2) is 13.4 Å². The highest BCUT2D eigenvalue weighted by atomic mass is 32.2. The molecule has 1 aromatic heterocycles. The van der Waals surface area contributed by atoms with Crippen molar-refractivity contribution in [1.29, 1.82) is 0 Å². The number of sulfonamides is 1. The van der Waals surface area contributed by atoms with Crippen LogP contribution in [0.3, 0.4) is 0 Å². The third kappa shape index (κ3) is 3.61. The summed E-state index contributed by atoms with van der Waals surface area (Å²) in [5, 5.41) is 0. The number of nitrogens with one attached hydrogen (secondary N) is 1. The smallest absolute Gasteiger partial charge is 0.261 e. The van der Waals surface area contributed by atoms with E-state index in [1.165, 1.54) is 6.20 Å². The van der Waals surface area contributed by atoms with Crippen LogP contribution in [0.25, 0.3) is 0 Å². The van der Waals surface area contributed by atoms with E-state index >= 15 is 0 Å². The molecule has 112 valence electrons. The molecular formula is C16H20N2O2S. The average molecular weight is 304 g/mol. The fourth-order valence-corrected chi connectivity index (χ4v) is 2.97. The standard InChI is InChI=1S/C16H20N2O2S/c1-4-16(2,3)13-7-9-15(10-8-13)21(19,20)18-14-6-5-11-17-12-14/h5-12,18H,4H2,1-3H3. The Morgan fingerprint density at radius 3 is 2.33 bits per heavy atom. The van der Waals surface area contributed by atoms with Crippen LogP contribution in [0.4, 0.5) is 5.69 Å². The summed E-state index contributed by atoms with van der Waals surface area (Å²) in [6, 6.07) is 10.4. The number of pyridine rings is 1. The van der Waals surface area contributed by atoms with Gasteiger partial charge in [0.2, 0.25) is 0 Å². The molecule has 5 heteroatoms. The van der Waals surface area contributed by atoms with Crippen LogP contribution in [0.15, 0.2) is 53.7 Å². The number of rotatable bonds is 5. The van der Waals surface area contributed by atoms with Gasteiger partial charge in [-0.25, -0.2) is 8.42 Å². The Morgan fingerprint density at radius 2 is 1.81 bits per heavy atom. The average Bonchev–Trinajstić information content (AvgIpc) is 2.48. The monoisotopic (exact) mass is 304 g/mol. The summed E-state index contributed by atoms with van der Waals surface area (Å²) in [4.78, 5) is 4.14. The molecule has 0 saturated heterocycles. The first-order valence-corrected chi connectivity index (χ1v) is 8.37. The predicted octanol–water partition coefficient (Wildman–Crippen LogP) is 3.57. The maximum atomic E-state index is 12.3. The van der Waals surface area contributed by atoms with Crippen molar-refractivity contribution >= 4 is 15.7 Å². The number of hydrogen-bond donors (Lipinski definition) is 1. The minimum Gasteiger partial charge on any atom is -0.278 e. The maximum absolute atomic E-state index is 12.3. The lowest BCUT2D eigenvalue weighted by atomic mass is 9.82. The molecule has 2 aromatic rings. The summed E-state index contributed by atoms with van der Waals surface area (Å²) in [6.07, 6.45) is 4.07. The van der Waals surface area contributed by atoms with Crippen molar-refractivity contribution in [2.45, 2.75) is 37.5 Å². The molecule has 0 bridgehead atoms. The van der Waals surface area contributed by atoms with Gasteiger partial charge in [0.05, 0.1) is 16.8 Å². The summed E-state index contributed by atoms with van der Waals surface area (Å²) >= 11 is 0. The van der Waals surface area contributed by atoms with E-state index in [0.29, 0.717) is 5.69 Å². The lowest BCUT2D eigenvalue weighted by molar-refractivity contribution is 0.506. The third-order valence-corrected chi connectivity index (χ3v) is 5.14. The van der Waals surface area contributed by atoms with Crippen LogP contribution < -0.4 is 4.72 Å². The lowest BCUT2D eigenvalue weighted by Crippen LogP contribution is -2.17.